The second-order valence-corrected chi connectivity index (χ2v) is 4.66. The molecule has 3 heteroatoms. The molecule has 1 saturated carbocycles. The van der Waals surface area contributed by atoms with Crippen molar-refractivity contribution in [3.63, 3.8) is 0 Å². The first kappa shape index (κ1) is 9.97. The predicted molar refractivity (Wildman–Crippen MR) is 55.7 cm³/mol. The number of carbonyl (C=O) groups excluding carboxylic acids is 1. The van der Waals surface area contributed by atoms with E-state index >= 15 is 0 Å². The fourth-order valence-corrected chi connectivity index (χ4v) is 2.65. The summed E-state index contributed by atoms with van der Waals surface area (Å²) in [5.41, 5.74) is 5.89. The van der Waals surface area contributed by atoms with Gasteiger partial charge in [-0.25, -0.2) is 0 Å². The zero-order chi connectivity index (χ0) is 9.97. The van der Waals surface area contributed by atoms with Crippen LogP contribution in [-0.4, -0.2) is 29.9 Å². The van der Waals surface area contributed by atoms with E-state index in [1.54, 1.807) is 0 Å². The smallest absolute Gasteiger partial charge is 0.225 e. The van der Waals surface area contributed by atoms with Gasteiger partial charge in [-0.05, 0) is 32.1 Å². The second kappa shape index (κ2) is 4.30. The number of carbonyl (C=O) groups is 1. The molecular weight excluding hydrogens is 176 g/mol. The van der Waals surface area contributed by atoms with Gasteiger partial charge >= 0.3 is 0 Å². The van der Waals surface area contributed by atoms with Crippen molar-refractivity contribution in [2.24, 2.45) is 11.7 Å². The zero-order valence-electron chi connectivity index (χ0n) is 8.74. The monoisotopic (exact) mass is 196 g/mol. The molecule has 80 valence electrons. The Hall–Kier alpha value is -0.570. The average molecular weight is 196 g/mol. The molecular formula is C11H20N2O. The molecule has 0 radical (unpaired) electrons. The van der Waals surface area contributed by atoms with E-state index in [0.29, 0.717) is 5.91 Å². The SMILES string of the molecule is N[C@@H]1CCC[C@H](C(=O)N2CCCC2)C1. The van der Waals surface area contributed by atoms with E-state index in [1.165, 1.54) is 12.8 Å². The zero-order valence-corrected chi connectivity index (χ0v) is 8.74. The first-order chi connectivity index (χ1) is 6.77. The van der Waals surface area contributed by atoms with Crippen LogP contribution >= 0.6 is 0 Å². The summed E-state index contributed by atoms with van der Waals surface area (Å²) >= 11 is 0. The van der Waals surface area contributed by atoms with Crippen LogP contribution in [0.5, 0.6) is 0 Å². The summed E-state index contributed by atoms with van der Waals surface area (Å²) < 4.78 is 0. The number of likely N-dealkylation sites (tertiary alicyclic amines) is 1. The minimum absolute atomic E-state index is 0.233. The molecule has 2 rings (SSSR count). The van der Waals surface area contributed by atoms with Crippen LogP contribution in [-0.2, 0) is 4.79 Å². The Morgan fingerprint density at radius 3 is 2.50 bits per heavy atom. The number of nitrogens with two attached hydrogens (primary N) is 1. The summed E-state index contributed by atoms with van der Waals surface area (Å²) in [6.07, 6.45) is 6.57. The van der Waals surface area contributed by atoms with Gasteiger partial charge in [0.05, 0.1) is 0 Å². The molecule has 0 spiro atoms. The highest BCUT2D eigenvalue weighted by atomic mass is 16.2. The minimum Gasteiger partial charge on any atom is -0.342 e. The van der Waals surface area contributed by atoms with Crippen molar-refractivity contribution in [3.8, 4) is 0 Å². The van der Waals surface area contributed by atoms with Crippen LogP contribution in [0.1, 0.15) is 38.5 Å². The Morgan fingerprint density at radius 1 is 1.14 bits per heavy atom. The molecule has 3 nitrogen and oxygen atoms in total. The summed E-state index contributed by atoms with van der Waals surface area (Å²) in [5, 5.41) is 0. The summed E-state index contributed by atoms with van der Waals surface area (Å²) in [4.78, 5) is 14.0. The molecule has 1 aliphatic carbocycles. The Morgan fingerprint density at radius 2 is 1.86 bits per heavy atom. The summed E-state index contributed by atoms with van der Waals surface area (Å²) in [7, 11) is 0. The molecule has 1 aliphatic heterocycles. The van der Waals surface area contributed by atoms with Gasteiger partial charge in [-0.3, -0.25) is 4.79 Å². The van der Waals surface area contributed by atoms with Crippen molar-refractivity contribution in [1.82, 2.24) is 4.90 Å². The fourth-order valence-electron chi connectivity index (χ4n) is 2.65. The van der Waals surface area contributed by atoms with E-state index < -0.39 is 0 Å². The molecule has 2 aliphatic rings. The van der Waals surface area contributed by atoms with Gasteiger partial charge in [-0.2, -0.15) is 0 Å². The summed E-state index contributed by atoms with van der Waals surface area (Å²) in [5.74, 6) is 0.606. The highest BCUT2D eigenvalue weighted by molar-refractivity contribution is 5.79. The number of rotatable bonds is 1. The summed E-state index contributed by atoms with van der Waals surface area (Å²) in [6.45, 7) is 1.95. The molecule has 0 bridgehead atoms. The lowest BCUT2D eigenvalue weighted by Crippen LogP contribution is -2.39. The van der Waals surface area contributed by atoms with Crippen LogP contribution in [0.3, 0.4) is 0 Å². The van der Waals surface area contributed by atoms with Crippen LogP contribution in [0.2, 0.25) is 0 Å². The quantitative estimate of drug-likeness (QED) is 0.683. The number of nitrogens with zero attached hydrogens (tertiary/aromatic N) is 1. The van der Waals surface area contributed by atoms with Crippen LogP contribution < -0.4 is 5.73 Å². The van der Waals surface area contributed by atoms with E-state index in [4.69, 9.17) is 5.73 Å². The normalized spacial score (nSPS) is 33.4. The first-order valence-corrected chi connectivity index (χ1v) is 5.82. The third-order valence-electron chi connectivity index (χ3n) is 3.48. The third kappa shape index (κ3) is 2.08. The van der Waals surface area contributed by atoms with Gasteiger partial charge in [0.1, 0.15) is 0 Å². The van der Waals surface area contributed by atoms with Gasteiger partial charge in [0, 0.05) is 25.0 Å². The lowest BCUT2D eigenvalue weighted by molar-refractivity contribution is -0.135. The Balaban J connectivity index is 1.89. The van der Waals surface area contributed by atoms with E-state index in [-0.39, 0.29) is 12.0 Å². The second-order valence-electron chi connectivity index (χ2n) is 4.66. The van der Waals surface area contributed by atoms with E-state index in [0.717, 1.165) is 38.8 Å². The maximum atomic E-state index is 12.0. The number of hydrogen-bond acceptors (Lipinski definition) is 2. The van der Waals surface area contributed by atoms with Gasteiger partial charge < -0.3 is 10.6 Å². The van der Waals surface area contributed by atoms with Gasteiger partial charge in [0.15, 0.2) is 0 Å². The van der Waals surface area contributed by atoms with Crippen LogP contribution in [0.25, 0.3) is 0 Å². The van der Waals surface area contributed by atoms with Crippen molar-refractivity contribution in [2.75, 3.05) is 13.1 Å². The molecule has 0 unspecified atom stereocenters. The lowest BCUT2D eigenvalue weighted by Gasteiger charge is -2.29. The lowest BCUT2D eigenvalue weighted by atomic mass is 9.85. The largest absolute Gasteiger partial charge is 0.342 e. The van der Waals surface area contributed by atoms with E-state index in [2.05, 4.69) is 0 Å². The predicted octanol–water partition coefficient (Wildman–Crippen LogP) is 1.13. The van der Waals surface area contributed by atoms with Crippen LogP contribution in [0, 0.1) is 5.92 Å². The average Bonchev–Trinajstić information content (AvgIpc) is 2.69. The standard InChI is InChI=1S/C11H20N2O/c12-10-5-3-4-9(8-10)11(14)13-6-1-2-7-13/h9-10H,1-8,12H2/t9-,10+/m0/s1. The molecule has 1 amide bonds. The Kier molecular flexibility index (Phi) is 3.06. The van der Waals surface area contributed by atoms with Crippen molar-refractivity contribution >= 4 is 5.91 Å². The molecule has 14 heavy (non-hydrogen) atoms. The van der Waals surface area contributed by atoms with Crippen LogP contribution in [0.4, 0.5) is 0 Å². The van der Waals surface area contributed by atoms with Crippen molar-refractivity contribution in [3.05, 3.63) is 0 Å². The van der Waals surface area contributed by atoms with Crippen molar-refractivity contribution < 1.29 is 4.79 Å². The van der Waals surface area contributed by atoms with Gasteiger partial charge in [-0.1, -0.05) is 6.42 Å². The van der Waals surface area contributed by atoms with Crippen molar-refractivity contribution in [1.29, 1.82) is 0 Å². The number of amides is 1. The summed E-state index contributed by atoms with van der Waals surface area (Å²) in [6, 6.07) is 0.264. The molecule has 1 heterocycles. The Bertz CT molecular complexity index is 211. The van der Waals surface area contributed by atoms with Gasteiger partial charge in [0.25, 0.3) is 0 Å². The highest BCUT2D eigenvalue weighted by Gasteiger charge is 2.29. The number of hydrogen-bond donors (Lipinski definition) is 1. The maximum absolute atomic E-state index is 12.0. The van der Waals surface area contributed by atoms with Gasteiger partial charge in [0.2, 0.25) is 5.91 Å². The maximum Gasteiger partial charge on any atom is 0.225 e. The molecule has 0 aromatic carbocycles. The molecule has 1 saturated heterocycles. The van der Waals surface area contributed by atoms with Crippen molar-refractivity contribution in [2.45, 2.75) is 44.6 Å². The third-order valence-corrected chi connectivity index (χ3v) is 3.48. The molecule has 2 fully saturated rings. The highest BCUT2D eigenvalue weighted by Crippen LogP contribution is 2.26. The minimum atomic E-state index is 0.233. The molecule has 0 aromatic rings. The molecule has 2 N–H and O–H groups in total. The molecule has 2 atom stereocenters. The fraction of sp³-hybridized carbons (Fsp3) is 0.909. The van der Waals surface area contributed by atoms with E-state index in [9.17, 15) is 4.79 Å². The van der Waals surface area contributed by atoms with E-state index in [1.807, 2.05) is 4.90 Å². The topological polar surface area (TPSA) is 46.3 Å². The van der Waals surface area contributed by atoms with Gasteiger partial charge in [-0.15, -0.1) is 0 Å². The first-order valence-electron chi connectivity index (χ1n) is 5.82. The molecule has 0 aromatic heterocycles. The van der Waals surface area contributed by atoms with Crippen LogP contribution in [0.15, 0.2) is 0 Å². The Labute approximate surface area is 85.6 Å².